The van der Waals surface area contributed by atoms with E-state index in [0.717, 1.165) is 89.5 Å². The Morgan fingerprint density at radius 2 is 1.25 bits per heavy atom. The van der Waals surface area contributed by atoms with E-state index in [-0.39, 0.29) is 0 Å². The van der Waals surface area contributed by atoms with Gasteiger partial charge in [0.2, 0.25) is 0 Å². The van der Waals surface area contributed by atoms with Crippen LogP contribution in [0.3, 0.4) is 0 Å². The van der Waals surface area contributed by atoms with Crippen LogP contribution in [0.5, 0.6) is 23.0 Å². The van der Waals surface area contributed by atoms with Crippen molar-refractivity contribution in [3.8, 4) is 40.1 Å². The van der Waals surface area contributed by atoms with Gasteiger partial charge in [-0.15, -0.1) is 0 Å². The number of ether oxygens (including phenoxy) is 2. The molecule has 3 aromatic heterocycles. The summed E-state index contributed by atoms with van der Waals surface area (Å²) < 4.78 is 17.9. The molecule has 1 aliphatic rings. The van der Waals surface area contributed by atoms with Crippen LogP contribution in [0.25, 0.3) is 50.0 Å². The lowest BCUT2D eigenvalue weighted by Gasteiger charge is -2.41. The van der Waals surface area contributed by atoms with Crippen LogP contribution in [0.4, 0.5) is 0 Å². The summed E-state index contributed by atoms with van der Waals surface area (Å²) in [5.74, 6) is 3.96. The molecule has 0 spiro atoms. The molecule has 0 bridgehead atoms. The normalized spacial score (nSPS) is 13.0. The van der Waals surface area contributed by atoms with Crippen molar-refractivity contribution in [2.75, 3.05) is 0 Å². The van der Waals surface area contributed by atoms with E-state index in [1.54, 1.807) is 0 Å². The maximum Gasteiger partial charge on any atom is 0.149 e. The fraction of sp³-hybridized carbons (Fsp3) is 0.0400. The highest BCUT2D eigenvalue weighted by Crippen LogP contribution is 2.57. The van der Waals surface area contributed by atoms with Gasteiger partial charge in [0.15, 0.2) is 0 Å². The lowest BCUT2D eigenvalue weighted by atomic mass is 9.64. The lowest BCUT2D eigenvalue weighted by Crippen LogP contribution is -2.34. The number of pyridine rings is 1. The first-order valence-electron chi connectivity index (χ1n) is 18.8. The van der Waals surface area contributed by atoms with Gasteiger partial charge in [-0.3, -0.25) is 4.57 Å². The van der Waals surface area contributed by atoms with Crippen molar-refractivity contribution < 1.29 is 9.47 Å². The summed E-state index contributed by atoms with van der Waals surface area (Å²) in [4.78, 5) is 10.3. The highest BCUT2D eigenvalue weighted by Gasteiger charge is 2.46. The topological polar surface area (TPSA) is 54.1 Å². The molecule has 10 aromatic rings. The van der Waals surface area contributed by atoms with Gasteiger partial charge >= 0.3 is 0 Å². The van der Waals surface area contributed by atoms with Crippen molar-refractivity contribution in [3.63, 3.8) is 0 Å². The number of hydrogen-bond donors (Lipinski definition) is 0. The van der Waals surface area contributed by atoms with E-state index in [1.807, 2.05) is 67.8 Å². The fourth-order valence-electron chi connectivity index (χ4n) is 8.74. The molecule has 6 nitrogen and oxygen atoms in total. The van der Waals surface area contributed by atoms with E-state index in [9.17, 15) is 0 Å². The molecular formula is C50H34N4O2. The summed E-state index contributed by atoms with van der Waals surface area (Å²) in [7, 11) is 2.05. The summed E-state index contributed by atoms with van der Waals surface area (Å²) in [6.45, 7) is 0. The number of aryl methyl sites for hydroxylation is 1. The van der Waals surface area contributed by atoms with Gasteiger partial charge < -0.3 is 14.0 Å². The van der Waals surface area contributed by atoms with E-state index >= 15 is 0 Å². The molecule has 1 aliphatic heterocycles. The lowest BCUT2D eigenvalue weighted by molar-refractivity contribution is 0.439. The average Bonchev–Trinajstić information content (AvgIpc) is 3.78. The zero-order valence-electron chi connectivity index (χ0n) is 30.5. The Hall–Kier alpha value is -7.44. The smallest absolute Gasteiger partial charge is 0.149 e. The van der Waals surface area contributed by atoms with Crippen LogP contribution in [0.15, 0.2) is 188 Å². The second-order valence-corrected chi connectivity index (χ2v) is 14.2. The van der Waals surface area contributed by atoms with E-state index in [4.69, 9.17) is 19.4 Å². The first-order valence-corrected chi connectivity index (χ1v) is 18.8. The second-order valence-electron chi connectivity index (χ2n) is 14.2. The molecule has 0 fully saturated rings. The van der Waals surface area contributed by atoms with E-state index in [1.165, 1.54) is 0 Å². The van der Waals surface area contributed by atoms with Crippen LogP contribution in [0.1, 0.15) is 22.3 Å². The number of fused-ring (bicyclic) bond motifs is 7. The quantitative estimate of drug-likeness (QED) is 0.171. The number of benzene rings is 7. The van der Waals surface area contributed by atoms with E-state index in [0.29, 0.717) is 5.75 Å². The minimum Gasteiger partial charge on any atom is -0.457 e. The third kappa shape index (κ3) is 4.76. The second kappa shape index (κ2) is 12.6. The molecule has 6 heteroatoms. The van der Waals surface area contributed by atoms with Gasteiger partial charge in [0.1, 0.15) is 34.5 Å². The third-order valence-corrected chi connectivity index (χ3v) is 11.1. The Balaban J connectivity index is 1.08. The summed E-state index contributed by atoms with van der Waals surface area (Å²) in [5.41, 5.74) is 9.52. The van der Waals surface area contributed by atoms with Crippen LogP contribution in [0.2, 0.25) is 0 Å². The van der Waals surface area contributed by atoms with Crippen LogP contribution in [-0.2, 0) is 12.5 Å². The van der Waals surface area contributed by atoms with E-state index in [2.05, 4.69) is 137 Å². The zero-order valence-corrected chi connectivity index (χ0v) is 30.5. The van der Waals surface area contributed by atoms with Crippen LogP contribution >= 0.6 is 0 Å². The Morgan fingerprint density at radius 3 is 2.04 bits per heavy atom. The fourth-order valence-corrected chi connectivity index (χ4v) is 8.74. The largest absolute Gasteiger partial charge is 0.457 e. The summed E-state index contributed by atoms with van der Waals surface area (Å²) in [6.07, 6.45) is 2.02. The molecular weight excluding hydrogens is 689 g/mol. The molecule has 0 saturated heterocycles. The van der Waals surface area contributed by atoms with Crippen molar-refractivity contribution in [2.24, 2.45) is 7.05 Å². The Morgan fingerprint density at radius 1 is 0.589 bits per heavy atom. The van der Waals surface area contributed by atoms with Crippen LogP contribution in [0, 0.1) is 0 Å². The molecule has 0 unspecified atom stereocenters. The number of para-hydroxylation sites is 4. The first kappa shape index (κ1) is 32.0. The molecule has 0 aliphatic carbocycles. The van der Waals surface area contributed by atoms with Crippen LogP contribution in [-0.4, -0.2) is 19.1 Å². The number of aromatic nitrogens is 4. The van der Waals surface area contributed by atoms with Gasteiger partial charge in [0.05, 0.1) is 33.0 Å². The molecule has 266 valence electrons. The molecule has 0 N–H and O–H groups in total. The average molecular weight is 723 g/mol. The van der Waals surface area contributed by atoms with Crippen molar-refractivity contribution >= 4 is 33.0 Å². The van der Waals surface area contributed by atoms with Crippen molar-refractivity contribution in [2.45, 2.75) is 5.41 Å². The predicted molar refractivity (Wildman–Crippen MR) is 223 cm³/mol. The van der Waals surface area contributed by atoms with Crippen LogP contribution < -0.4 is 9.47 Å². The molecule has 0 saturated carbocycles. The maximum absolute atomic E-state index is 7.04. The first-order chi connectivity index (χ1) is 27.7. The minimum absolute atomic E-state index is 0.666. The summed E-state index contributed by atoms with van der Waals surface area (Å²) in [6, 6.07) is 62.8. The number of nitrogens with zero attached hydrogens (tertiary/aromatic N) is 4. The van der Waals surface area contributed by atoms with Gasteiger partial charge in [0.25, 0.3) is 0 Å². The molecule has 0 atom stereocenters. The highest BCUT2D eigenvalue weighted by atomic mass is 16.5. The molecule has 56 heavy (non-hydrogen) atoms. The zero-order chi connectivity index (χ0) is 37.2. The van der Waals surface area contributed by atoms with Gasteiger partial charge in [-0.2, -0.15) is 0 Å². The Labute approximate surface area is 323 Å². The third-order valence-electron chi connectivity index (χ3n) is 11.1. The SMILES string of the molecule is Cn1c(-c2cccc(Oc3cccc(-n4c5ccccc5c5c6c(cnc54)C(c4ccccc4)(c4ccccc4)c4ccccc4O6)c3)c2)nc2ccccc21. The summed E-state index contributed by atoms with van der Waals surface area (Å²) >= 11 is 0. The molecule has 0 amide bonds. The van der Waals surface area contributed by atoms with Crippen molar-refractivity contribution in [1.29, 1.82) is 0 Å². The number of rotatable bonds is 6. The Bertz CT molecular complexity index is 3070. The molecule has 0 radical (unpaired) electrons. The monoisotopic (exact) mass is 722 g/mol. The maximum atomic E-state index is 7.04. The summed E-state index contributed by atoms with van der Waals surface area (Å²) in [5, 5.41) is 2.02. The minimum atomic E-state index is -0.666. The molecule has 11 rings (SSSR count). The highest BCUT2D eigenvalue weighted by molar-refractivity contribution is 6.12. The molecule has 4 heterocycles. The van der Waals surface area contributed by atoms with Crippen molar-refractivity contribution in [1.82, 2.24) is 19.1 Å². The van der Waals surface area contributed by atoms with Gasteiger partial charge in [-0.1, -0.05) is 127 Å². The predicted octanol–water partition coefficient (Wildman–Crippen LogP) is 12.0. The van der Waals surface area contributed by atoms with E-state index < -0.39 is 5.41 Å². The Kier molecular flexibility index (Phi) is 7.19. The van der Waals surface area contributed by atoms with Gasteiger partial charge in [0, 0.05) is 41.4 Å². The van der Waals surface area contributed by atoms with Gasteiger partial charge in [-0.25, -0.2) is 9.97 Å². The van der Waals surface area contributed by atoms with Crippen molar-refractivity contribution in [3.05, 3.63) is 210 Å². The van der Waals surface area contributed by atoms with Gasteiger partial charge in [-0.05, 0) is 59.7 Å². The molecule has 7 aromatic carbocycles. The number of imidazole rings is 1. The standard InChI is InChI=1S/C50H34N4O2/c1-53-44-28-12-10-26-42(44)52-48(53)33-16-14-22-37(30-33)55-38-23-15-21-36(31-38)54-43-27-11-8-24-39(43)46-47-41(32-51-49(46)54)50(34-17-4-2-5-18-34,35-19-6-3-7-20-35)40-25-9-13-29-45(40)56-47/h2-32H,1H3. The number of hydrogen-bond acceptors (Lipinski definition) is 4.